The number of thiophene rings is 1. The summed E-state index contributed by atoms with van der Waals surface area (Å²) in [6, 6.07) is 9.46. The minimum absolute atomic E-state index is 0.0601. The maximum Gasteiger partial charge on any atom is 0.250 e. The SMILES string of the molecule is CCNCc1ccc(S(=O)(=O)NCc2ccccc2F)s1. The van der Waals surface area contributed by atoms with Gasteiger partial charge in [-0.05, 0) is 24.7 Å². The standard InChI is InChI=1S/C14H17FN2O2S2/c1-2-16-10-12-7-8-14(20-12)21(18,19)17-9-11-5-3-4-6-13(11)15/h3-8,16-17H,2,9-10H2,1H3. The van der Waals surface area contributed by atoms with Crippen molar-refractivity contribution in [3.8, 4) is 0 Å². The molecule has 0 fully saturated rings. The normalized spacial score (nSPS) is 11.7. The Morgan fingerprint density at radius 1 is 1.14 bits per heavy atom. The first kappa shape index (κ1) is 16.1. The Bertz CT molecular complexity index is 699. The first-order valence-electron chi connectivity index (χ1n) is 6.55. The first-order chi connectivity index (χ1) is 10.0. The molecular weight excluding hydrogens is 311 g/mol. The third-order valence-electron chi connectivity index (χ3n) is 2.86. The van der Waals surface area contributed by atoms with Crippen molar-refractivity contribution in [1.82, 2.24) is 10.0 Å². The van der Waals surface area contributed by atoms with Crippen LogP contribution in [-0.4, -0.2) is 15.0 Å². The Labute approximate surface area is 128 Å². The van der Waals surface area contributed by atoms with E-state index in [1.54, 1.807) is 30.3 Å². The summed E-state index contributed by atoms with van der Waals surface area (Å²) in [5.41, 5.74) is 0.325. The van der Waals surface area contributed by atoms with Crippen LogP contribution in [0.3, 0.4) is 0 Å². The highest BCUT2D eigenvalue weighted by Crippen LogP contribution is 2.21. The lowest BCUT2D eigenvalue weighted by Gasteiger charge is -2.05. The molecule has 0 spiro atoms. The fourth-order valence-corrected chi connectivity index (χ4v) is 4.11. The van der Waals surface area contributed by atoms with Crippen LogP contribution in [0.5, 0.6) is 0 Å². The Kier molecular flexibility index (Phi) is 5.46. The Morgan fingerprint density at radius 3 is 2.62 bits per heavy atom. The van der Waals surface area contributed by atoms with Crippen molar-refractivity contribution in [2.24, 2.45) is 0 Å². The van der Waals surface area contributed by atoms with E-state index in [1.807, 2.05) is 6.92 Å². The molecule has 0 aliphatic carbocycles. The third kappa shape index (κ3) is 4.34. The van der Waals surface area contributed by atoms with Gasteiger partial charge in [0.15, 0.2) is 0 Å². The van der Waals surface area contributed by atoms with Crippen LogP contribution in [0.1, 0.15) is 17.4 Å². The summed E-state index contributed by atoms with van der Waals surface area (Å²) >= 11 is 1.21. The van der Waals surface area contributed by atoms with Crippen molar-refractivity contribution in [2.45, 2.75) is 24.2 Å². The molecule has 0 radical (unpaired) electrons. The summed E-state index contributed by atoms with van der Waals surface area (Å²) in [6.45, 7) is 3.40. The number of rotatable bonds is 7. The molecule has 0 amide bonds. The van der Waals surface area contributed by atoms with E-state index in [1.165, 1.54) is 17.4 Å². The van der Waals surface area contributed by atoms with Gasteiger partial charge in [0.05, 0.1) is 0 Å². The van der Waals surface area contributed by atoms with Gasteiger partial charge < -0.3 is 5.32 Å². The molecule has 0 aliphatic rings. The van der Waals surface area contributed by atoms with Crippen molar-refractivity contribution in [1.29, 1.82) is 0 Å². The molecule has 1 aromatic heterocycles. The lowest BCUT2D eigenvalue weighted by molar-refractivity contribution is 0.576. The van der Waals surface area contributed by atoms with E-state index >= 15 is 0 Å². The summed E-state index contributed by atoms with van der Waals surface area (Å²) < 4.78 is 40.5. The largest absolute Gasteiger partial charge is 0.312 e. The molecule has 2 rings (SSSR count). The van der Waals surface area contributed by atoms with Gasteiger partial charge in [-0.15, -0.1) is 11.3 Å². The maximum atomic E-state index is 13.5. The summed E-state index contributed by atoms with van der Waals surface area (Å²) in [4.78, 5) is 0.947. The van der Waals surface area contributed by atoms with Crippen LogP contribution in [0.4, 0.5) is 4.39 Å². The molecule has 7 heteroatoms. The second kappa shape index (κ2) is 7.13. The van der Waals surface area contributed by atoms with Crippen LogP contribution in [0.2, 0.25) is 0 Å². The number of benzene rings is 1. The van der Waals surface area contributed by atoms with Gasteiger partial charge >= 0.3 is 0 Å². The molecule has 0 saturated carbocycles. The summed E-state index contributed by atoms with van der Waals surface area (Å²) in [5.74, 6) is -0.417. The van der Waals surface area contributed by atoms with Gasteiger partial charge in [-0.25, -0.2) is 17.5 Å². The Hall–Kier alpha value is -1.28. The zero-order valence-electron chi connectivity index (χ0n) is 11.6. The molecule has 2 aromatic rings. The predicted molar refractivity (Wildman–Crippen MR) is 82.1 cm³/mol. The fourth-order valence-electron chi connectivity index (χ4n) is 1.73. The van der Waals surface area contributed by atoms with E-state index < -0.39 is 15.8 Å². The number of halogens is 1. The Morgan fingerprint density at radius 2 is 1.90 bits per heavy atom. The topological polar surface area (TPSA) is 58.2 Å². The van der Waals surface area contributed by atoms with Gasteiger partial charge in [0.25, 0.3) is 0 Å². The number of hydrogen-bond acceptors (Lipinski definition) is 4. The van der Waals surface area contributed by atoms with E-state index in [9.17, 15) is 12.8 Å². The van der Waals surface area contributed by atoms with Crippen LogP contribution in [0, 0.1) is 5.82 Å². The highest BCUT2D eigenvalue weighted by atomic mass is 32.2. The molecular formula is C14H17FN2O2S2. The average Bonchev–Trinajstić information content (AvgIpc) is 2.94. The first-order valence-corrected chi connectivity index (χ1v) is 8.85. The number of nitrogens with one attached hydrogen (secondary N) is 2. The molecule has 0 atom stereocenters. The van der Waals surface area contributed by atoms with E-state index in [0.29, 0.717) is 12.1 Å². The molecule has 2 N–H and O–H groups in total. The molecule has 0 aliphatic heterocycles. The second-order valence-electron chi connectivity index (χ2n) is 4.42. The van der Waals surface area contributed by atoms with E-state index in [-0.39, 0.29) is 10.8 Å². The summed E-state index contributed by atoms with van der Waals surface area (Å²) in [5, 5.41) is 3.14. The molecule has 0 saturated heterocycles. The van der Waals surface area contributed by atoms with Crippen LogP contribution >= 0.6 is 11.3 Å². The van der Waals surface area contributed by atoms with Crippen LogP contribution in [0.15, 0.2) is 40.6 Å². The monoisotopic (exact) mass is 328 g/mol. The van der Waals surface area contributed by atoms with Crippen LogP contribution in [-0.2, 0) is 23.1 Å². The third-order valence-corrected chi connectivity index (χ3v) is 5.84. The van der Waals surface area contributed by atoms with Crippen molar-refractivity contribution < 1.29 is 12.8 Å². The number of hydrogen-bond donors (Lipinski definition) is 2. The maximum absolute atomic E-state index is 13.5. The summed E-state index contributed by atoms with van der Waals surface area (Å²) in [6.07, 6.45) is 0. The van der Waals surface area contributed by atoms with Crippen molar-refractivity contribution in [3.63, 3.8) is 0 Å². The van der Waals surface area contributed by atoms with Gasteiger partial charge in [-0.1, -0.05) is 25.1 Å². The predicted octanol–water partition coefficient (Wildman–Crippen LogP) is 2.48. The number of sulfonamides is 1. The van der Waals surface area contributed by atoms with E-state index in [2.05, 4.69) is 10.0 Å². The molecule has 21 heavy (non-hydrogen) atoms. The quantitative estimate of drug-likeness (QED) is 0.821. The van der Waals surface area contributed by atoms with Gasteiger partial charge in [-0.3, -0.25) is 0 Å². The molecule has 114 valence electrons. The zero-order valence-corrected chi connectivity index (χ0v) is 13.2. The molecule has 0 bridgehead atoms. The molecule has 1 heterocycles. The highest BCUT2D eigenvalue weighted by Gasteiger charge is 2.17. The molecule has 4 nitrogen and oxygen atoms in total. The average molecular weight is 328 g/mol. The van der Waals surface area contributed by atoms with Gasteiger partial charge in [0.1, 0.15) is 10.0 Å². The van der Waals surface area contributed by atoms with Crippen molar-refractivity contribution in [2.75, 3.05) is 6.54 Å². The van der Waals surface area contributed by atoms with Gasteiger partial charge in [0, 0.05) is 23.5 Å². The molecule has 1 aromatic carbocycles. The van der Waals surface area contributed by atoms with Gasteiger partial charge in [-0.2, -0.15) is 0 Å². The van der Waals surface area contributed by atoms with Crippen LogP contribution < -0.4 is 10.0 Å². The fraction of sp³-hybridized carbons (Fsp3) is 0.286. The van der Waals surface area contributed by atoms with E-state index in [0.717, 1.165) is 11.4 Å². The zero-order chi connectivity index (χ0) is 15.3. The van der Waals surface area contributed by atoms with Crippen molar-refractivity contribution in [3.05, 3.63) is 52.7 Å². The van der Waals surface area contributed by atoms with Crippen molar-refractivity contribution >= 4 is 21.4 Å². The second-order valence-corrected chi connectivity index (χ2v) is 7.58. The minimum Gasteiger partial charge on any atom is -0.312 e. The Balaban J connectivity index is 2.05. The van der Waals surface area contributed by atoms with E-state index in [4.69, 9.17) is 0 Å². The lowest BCUT2D eigenvalue weighted by atomic mass is 10.2. The lowest BCUT2D eigenvalue weighted by Crippen LogP contribution is -2.22. The smallest absolute Gasteiger partial charge is 0.250 e. The minimum atomic E-state index is -3.61. The molecule has 0 unspecified atom stereocenters. The highest BCUT2D eigenvalue weighted by molar-refractivity contribution is 7.91. The summed E-state index contributed by atoms with van der Waals surface area (Å²) in [7, 11) is -3.61. The van der Waals surface area contributed by atoms with Gasteiger partial charge in [0.2, 0.25) is 10.0 Å². The van der Waals surface area contributed by atoms with Crippen LogP contribution in [0.25, 0.3) is 0 Å².